The fraction of sp³-hybridized carbons (Fsp3) is 0.583. The van der Waals surface area contributed by atoms with Crippen LogP contribution >= 0.6 is 0 Å². The van der Waals surface area contributed by atoms with Crippen molar-refractivity contribution in [2.24, 2.45) is 5.73 Å². The average molecular weight is 239 g/mol. The van der Waals surface area contributed by atoms with Gasteiger partial charge in [-0.25, -0.2) is 13.8 Å². The van der Waals surface area contributed by atoms with Gasteiger partial charge >= 0.3 is 0 Å². The summed E-state index contributed by atoms with van der Waals surface area (Å²) in [6.07, 6.45) is 3.54. The normalized spacial score (nSPS) is 30.6. The zero-order chi connectivity index (χ0) is 12.1. The molecule has 1 saturated heterocycles. The van der Waals surface area contributed by atoms with Gasteiger partial charge < -0.3 is 10.6 Å². The van der Waals surface area contributed by atoms with E-state index in [2.05, 4.69) is 9.88 Å². The number of nitrogens with zero attached hydrogens (tertiary/aromatic N) is 2. The van der Waals surface area contributed by atoms with Gasteiger partial charge in [0.25, 0.3) is 5.92 Å². The maximum atomic E-state index is 13.4. The van der Waals surface area contributed by atoms with Gasteiger partial charge in [0.15, 0.2) is 0 Å². The number of anilines is 1. The summed E-state index contributed by atoms with van der Waals surface area (Å²) in [5.41, 5.74) is 4.79. The Bertz CT molecular complexity index is 443. The highest BCUT2D eigenvalue weighted by Gasteiger charge is 2.70. The van der Waals surface area contributed by atoms with Crippen LogP contribution in [0.25, 0.3) is 0 Å². The van der Waals surface area contributed by atoms with Crippen molar-refractivity contribution in [2.75, 3.05) is 18.0 Å². The van der Waals surface area contributed by atoms with Gasteiger partial charge in [-0.2, -0.15) is 0 Å². The minimum Gasteiger partial charge on any atom is -0.356 e. The van der Waals surface area contributed by atoms with Crippen LogP contribution in [-0.4, -0.2) is 24.0 Å². The molecule has 2 heterocycles. The highest BCUT2D eigenvalue weighted by molar-refractivity contribution is 5.55. The number of alkyl halides is 2. The SMILES string of the molecule is NC1(c2cccnc2N2CCCC2)CC1(F)F. The number of rotatable bonds is 2. The van der Waals surface area contributed by atoms with Crippen LogP contribution in [0.4, 0.5) is 14.6 Å². The lowest BCUT2D eigenvalue weighted by Gasteiger charge is -2.22. The molecular weight excluding hydrogens is 224 g/mol. The third-order valence-electron chi connectivity index (χ3n) is 3.70. The highest BCUT2D eigenvalue weighted by Crippen LogP contribution is 2.59. The molecule has 1 aromatic rings. The second-order valence-corrected chi connectivity index (χ2v) is 4.92. The zero-order valence-electron chi connectivity index (χ0n) is 9.50. The summed E-state index contributed by atoms with van der Waals surface area (Å²) in [7, 11) is 0. The first-order valence-electron chi connectivity index (χ1n) is 5.92. The second-order valence-electron chi connectivity index (χ2n) is 4.92. The van der Waals surface area contributed by atoms with Crippen molar-refractivity contribution in [2.45, 2.75) is 30.7 Å². The monoisotopic (exact) mass is 239 g/mol. The van der Waals surface area contributed by atoms with Gasteiger partial charge in [-0.15, -0.1) is 0 Å². The summed E-state index contributed by atoms with van der Waals surface area (Å²) in [5.74, 6) is -2.14. The van der Waals surface area contributed by atoms with Crippen molar-refractivity contribution in [1.29, 1.82) is 0 Å². The van der Waals surface area contributed by atoms with E-state index in [-0.39, 0.29) is 6.42 Å². The molecule has 1 unspecified atom stereocenters. The maximum Gasteiger partial charge on any atom is 0.272 e. The van der Waals surface area contributed by atoms with Crippen LogP contribution in [-0.2, 0) is 5.54 Å². The molecule has 3 nitrogen and oxygen atoms in total. The summed E-state index contributed by atoms with van der Waals surface area (Å²) in [5, 5.41) is 0. The van der Waals surface area contributed by atoms with Gasteiger partial charge in [0.05, 0.1) is 0 Å². The van der Waals surface area contributed by atoms with Crippen LogP contribution in [0, 0.1) is 0 Å². The first-order valence-corrected chi connectivity index (χ1v) is 5.92. The minimum absolute atomic E-state index is 0.271. The van der Waals surface area contributed by atoms with Gasteiger partial charge in [0.1, 0.15) is 11.4 Å². The Morgan fingerprint density at radius 2 is 1.94 bits per heavy atom. The topological polar surface area (TPSA) is 42.1 Å². The van der Waals surface area contributed by atoms with Crippen molar-refractivity contribution in [1.82, 2.24) is 4.98 Å². The summed E-state index contributed by atoms with van der Waals surface area (Å²) in [6, 6.07) is 3.36. The molecule has 0 radical (unpaired) electrons. The Balaban J connectivity index is 2.00. The molecule has 1 saturated carbocycles. The van der Waals surface area contributed by atoms with E-state index in [4.69, 9.17) is 5.73 Å². The Kier molecular flexibility index (Phi) is 2.17. The number of nitrogens with two attached hydrogens (primary N) is 1. The van der Waals surface area contributed by atoms with Gasteiger partial charge in [-0.1, -0.05) is 6.07 Å². The van der Waals surface area contributed by atoms with E-state index in [9.17, 15) is 8.78 Å². The van der Waals surface area contributed by atoms with E-state index < -0.39 is 11.5 Å². The predicted octanol–water partition coefficient (Wildman–Crippen LogP) is 1.87. The standard InChI is InChI=1S/C12H15F2N3/c13-12(14)8-11(12,15)9-4-3-5-16-10(9)17-6-1-2-7-17/h3-5H,1-2,6-8,15H2. The van der Waals surface area contributed by atoms with Gasteiger partial charge in [0.2, 0.25) is 0 Å². The maximum absolute atomic E-state index is 13.4. The lowest BCUT2D eigenvalue weighted by molar-refractivity contribution is 0.0891. The van der Waals surface area contributed by atoms with E-state index in [0.717, 1.165) is 25.9 Å². The van der Waals surface area contributed by atoms with Crippen LogP contribution in [0.1, 0.15) is 24.8 Å². The smallest absolute Gasteiger partial charge is 0.272 e. The first kappa shape index (κ1) is 10.9. The zero-order valence-corrected chi connectivity index (χ0v) is 9.50. The van der Waals surface area contributed by atoms with E-state index in [0.29, 0.717) is 11.4 Å². The molecule has 1 aliphatic heterocycles. The predicted molar refractivity (Wildman–Crippen MR) is 61.1 cm³/mol. The van der Waals surface area contributed by atoms with Crippen LogP contribution in [0.2, 0.25) is 0 Å². The van der Waals surface area contributed by atoms with Gasteiger partial charge in [0, 0.05) is 31.3 Å². The van der Waals surface area contributed by atoms with E-state index >= 15 is 0 Å². The molecule has 92 valence electrons. The Labute approximate surface area is 98.6 Å². The van der Waals surface area contributed by atoms with Crippen molar-refractivity contribution >= 4 is 5.82 Å². The van der Waals surface area contributed by atoms with E-state index in [1.54, 1.807) is 18.3 Å². The van der Waals surface area contributed by atoms with Gasteiger partial charge in [-0.3, -0.25) is 0 Å². The number of aromatic nitrogens is 1. The number of pyridine rings is 1. The van der Waals surface area contributed by atoms with Crippen molar-refractivity contribution in [3.8, 4) is 0 Å². The van der Waals surface area contributed by atoms with Crippen molar-refractivity contribution < 1.29 is 8.78 Å². The lowest BCUT2D eigenvalue weighted by Crippen LogP contribution is -2.31. The number of hydrogen-bond acceptors (Lipinski definition) is 3. The third kappa shape index (κ3) is 1.52. The Morgan fingerprint density at radius 3 is 2.53 bits per heavy atom. The van der Waals surface area contributed by atoms with E-state index in [1.165, 1.54) is 0 Å². The Hall–Kier alpha value is -1.23. The minimum atomic E-state index is -2.79. The van der Waals surface area contributed by atoms with Crippen LogP contribution in [0.5, 0.6) is 0 Å². The van der Waals surface area contributed by atoms with Gasteiger partial charge in [-0.05, 0) is 18.9 Å². The molecule has 2 fully saturated rings. The summed E-state index contributed by atoms with van der Waals surface area (Å²) in [6.45, 7) is 1.76. The fourth-order valence-corrected chi connectivity index (χ4v) is 2.52. The quantitative estimate of drug-likeness (QED) is 0.856. The molecule has 1 atom stereocenters. The summed E-state index contributed by atoms with van der Waals surface area (Å²) in [4.78, 5) is 6.30. The summed E-state index contributed by atoms with van der Waals surface area (Å²) >= 11 is 0. The van der Waals surface area contributed by atoms with Crippen LogP contribution in [0.15, 0.2) is 18.3 Å². The Morgan fingerprint density at radius 1 is 1.29 bits per heavy atom. The molecule has 5 heteroatoms. The molecule has 2 N–H and O–H groups in total. The van der Waals surface area contributed by atoms with Crippen LogP contribution in [0.3, 0.4) is 0 Å². The lowest BCUT2D eigenvalue weighted by atomic mass is 10.1. The molecular formula is C12H15F2N3. The molecule has 0 bridgehead atoms. The summed E-state index contributed by atoms with van der Waals surface area (Å²) < 4.78 is 26.7. The molecule has 0 spiro atoms. The average Bonchev–Trinajstić information content (AvgIpc) is 2.74. The van der Waals surface area contributed by atoms with Crippen molar-refractivity contribution in [3.05, 3.63) is 23.9 Å². The number of halogens is 2. The van der Waals surface area contributed by atoms with E-state index in [1.807, 2.05) is 0 Å². The third-order valence-corrected chi connectivity index (χ3v) is 3.70. The molecule has 2 aliphatic rings. The molecule has 1 aromatic heterocycles. The molecule has 17 heavy (non-hydrogen) atoms. The molecule has 0 aromatic carbocycles. The van der Waals surface area contributed by atoms with Crippen LogP contribution < -0.4 is 10.6 Å². The first-order chi connectivity index (χ1) is 8.05. The molecule has 3 rings (SSSR count). The largest absolute Gasteiger partial charge is 0.356 e. The second kappa shape index (κ2) is 3.38. The number of hydrogen-bond donors (Lipinski definition) is 1. The fourth-order valence-electron chi connectivity index (χ4n) is 2.52. The molecule has 1 aliphatic carbocycles. The van der Waals surface area contributed by atoms with Crippen molar-refractivity contribution in [3.63, 3.8) is 0 Å². The molecule has 0 amide bonds. The highest BCUT2D eigenvalue weighted by atomic mass is 19.3.